The number of nitrogens with one attached hydrogen (secondary N) is 3. The highest BCUT2D eigenvalue weighted by Gasteiger charge is 2.24. The Hall–Kier alpha value is -3.45. The number of thiophene rings is 1. The van der Waals surface area contributed by atoms with E-state index in [1.807, 2.05) is 18.2 Å². The van der Waals surface area contributed by atoms with Crippen molar-refractivity contribution in [3.8, 4) is 5.75 Å². The number of hydrogen-bond donors (Lipinski definition) is 3. The number of anilines is 1. The van der Waals surface area contributed by atoms with E-state index in [2.05, 4.69) is 74.6 Å². The number of para-hydroxylation sites is 1. The van der Waals surface area contributed by atoms with Gasteiger partial charge in [0.05, 0.1) is 7.11 Å². The van der Waals surface area contributed by atoms with Crippen LogP contribution < -0.4 is 20.3 Å². The molecule has 6 nitrogen and oxygen atoms in total. The lowest BCUT2D eigenvalue weighted by molar-refractivity contribution is 0.239. The van der Waals surface area contributed by atoms with Crippen LogP contribution in [0.4, 0.5) is 10.5 Å². The molecule has 4 aromatic rings. The first-order chi connectivity index (χ1) is 16.7. The summed E-state index contributed by atoms with van der Waals surface area (Å²) in [6.07, 6.45) is 3.13. The molecule has 1 saturated heterocycles. The number of methoxy groups -OCH3 is 1. The highest BCUT2D eigenvalue weighted by molar-refractivity contribution is 7.10. The van der Waals surface area contributed by atoms with Gasteiger partial charge in [0.15, 0.2) is 0 Å². The van der Waals surface area contributed by atoms with Gasteiger partial charge in [0.2, 0.25) is 0 Å². The maximum absolute atomic E-state index is 12.7. The lowest BCUT2D eigenvalue weighted by Crippen LogP contribution is -2.40. The van der Waals surface area contributed by atoms with E-state index in [-0.39, 0.29) is 11.9 Å². The number of aromatic nitrogens is 1. The topological polar surface area (TPSA) is 69.4 Å². The number of amides is 2. The molecule has 3 heterocycles. The Morgan fingerprint density at radius 1 is 1.18 bits per heavy atom. The van der Waals surface area contributed by atoms with Crippen molar-refractivity contribution in [3.05, 3.63) is 82.7 Å². The fourth-order valence-corrected chi connectivity index (χ4v) is 5.62. The van der Waals surface area contributed by atoms with Gasteiger partial charge in [-0.05, 0) is 47.5 Å². The molecule has 2 atom stereocenters. The zero-order valence-electron chi connectivity index (χ0n) is 19.3. The summed E-state index contributed by atoms with van der Waals surface area (Å²) in [6, 6.07) is 20.6. The predicted molar refractivity (Wildman–Crippen MR) is 139 cm³/mol. The second-order valence-electron chi connectivity index (χ2n) is 8.75. The number of carbonyl (C=O) groups is 1. The third kappa shape index (κ3) is 4.89. The number of carbonyl (C=O) groups excluding carboxylic acids is 1. The van der Waals surface area contributed by atoms with Crippen LogP contribution in [0, 0.1) is 5.92 Å². The molecule has 2 unspecified atom stereocenters. The summed E-state index contributed by atoms with van der Waals surface area (Å²) < 4.78 is 5.35. The van der Waals surface area contributed by atoms with Crippen LogP contribution in [0.3, 0.4) is 0 Å². The Kier molecular flexibility index (Phi) is 6.72. The Labute approximate surface area is 203 Å². The third-order valence-electron chi connectivity index (χ3n) is 6.61. The molecule has 1 aliphatic rings. The van der Waals surface area contributed by atoms with Crippen molar-refractivity contribution in [2.75, 3.05) is 38.2 Å². The lowest BCUT2D eigenvalue weighted by Gasteiger charge is -2.20. The second kappa shape index (κ2) is 10.2. The third-order valence-corrected chi connectivity index (χ3v) is 7.59. The average Bonchev–Trinajstić information content (AvgIpc) is 3.65. The van der Waals surface area contributed by atoms with E-state index in [0.717, 1.165) is 30.8 Å². The van der Waals surface area contributed by atoms with Crippen molar-refractivity contribution in [2.24, 2.45) is 5.92 Å². The number of urea groups is 1. The van der Waals surface area contributed by atoms with E-state index in [9.17, 15) is 4.79 Å². The second-order valence-corrected chi connectivity index (χ2v) is 9.73. The molecule has 34 heavy (non-hydrogen) atoms. The van der Waals surface area contributed by atoms with Crippen LogP contribution in [0.5, 0.6) is 5.75 Å². The van der Waals surface area contributed by atoms with Crippen LogP contribution in [-0.4, -0.2) is 44.3 Å². The van der Waals surface area contributed by atoms with Crippen molar-refractivity contribution < 1.29 is 9.53 Å². The molecule has 176 valence electrons. The lowest BCUT2D eigenvalue weighted by atomic mass is 9.97. The average molecular weight is 475 g/mol. The van der Waals surface area contributed by atoms with Crippen molar-refractivity contribution in [2.45, 2.75) is 12.3 Å². The van der Waals surface area contributed by atoms with Crippen molar-refractivity contribution >= 4 is 34.0 Å². The molecule has 1 fully saturated rings. The molecule has 2 amide bonds. The van der Waals surface area contributed by atoms with Crippen LogP contribution in [0.15, 0.2) is 72.2 Å². The summed E-state index contributed by atoms with van der Waals surface area (Å²) in [4.78, 5) is 19.7. The monoisotopic (exact) mass is 474 g/mol. The van der Waals surface area contributed by atoms with Crippen LogP contribution in [0.1, 0.15) is 22.8 Å². The van der Waals surface area contributed by atoms with Crippen LogP contribution in [0.2, 0.25) is 0 Å². The zero-order valence-corrected chi connectivity index (χ0v) is 20.1. The van der Waals surface area contributed by atoms with Crippen LogP contribution in [0.25, 0.3) is 10.9 Å². The number of fused-ring (bicyclic) bond motifs is 1. The van der Waals surface area contributed by atoms with Gasteiger partial charge in [0.1, 0.15) is 5.75 Å². The standard InChI is InChI=1S/C27H30N4O2S/c1-33-21-7-4-6-20(14-21)31-12-11-19(18-31)15-29-27(32)30-17-24(26-10-5-13-34-26)23-16-28-25-9-3-2-8-22(23)25/h2-10,13-14,16,19,24,28H,11-12,15,17-18H2,1H3,(H2,29,30,32). The number of rotatable bonds is 8. The molecule has 0 aliphatic carbocycles. The Morgan fingerprint density at radius 2 is 2.09 bits per heavy atom. The summed E-state index contributed by atoms with van der Waals surface area (Å²) in [5.41, 5.74) is 3.50. The Bertz CT molecular complexity index is 1240. The van der Waals surface area contributed by atoms with Gasteiger partial charge < -0.3 is 25.3 Å². The summed E-state index contributed by atoms with van der Waals surface area (Å²) in [6.45, 7) is 3.14. The molecular formula is C27H30N4O2S. The van der Waals surface area contributed by atoms with E-state index in [1.54, 1.807) is 18.4 Å². The maximum Gasteiger partial charge on any atom is 0.314 e. The largest absolute Gasteiger partial charge is 0.497 e. The van der Waals surface area contributed by atoms with Gasteiger partial charge in [-0.15, -0.1) is 11.3 Å². The van der Waals surface area contributed by atoms with Crippen molar-refractivity contribution in [1.82, 2.24) is 15.6 Å². The smallest absolute Gasteiger partial charge is 0.314 e. The van der Waals surface area contributed by atoms with E-state index in [0.29, 0.717) is 19.0 Å². The minimum atomic E-state index is -0.110. The van der Waals surface area contributed by atoms with E-state index < -0.39 is 0 Å². The molecule has 0 saturated carbocycles. The van der Waals surface area contributed by atoms with Gasteiger partial charge in [-0.1, -0.05) is 30.3 Å². The molecule has 1 aliphatic heterocycles. The molecule has 5 rings (SSSR count). The highest BCUT2D eigenvalue weighted by atomic mass is 32.1. The quantitative estimate of drug-likeness (QED) is 0.329. The van der Waals surface area contributed by atoms with Gasteiger partial charge in [-0.2, -0.15) is 0 Å². The molecule has 2 aromatic carbocycles. The van der Waals surface area contributed by atoms with E-state index >= 15 is 0 Å². The van der Waals surface area contributed by atoms with Crippen molar-refractivity contribution in [1.29, 1.82) is 0 Å². The normalized spacial score (nSPS) is 16.5. The number of aromatic amines is 1. The van der Waals surface area contributed by atoms with Gasteiger partial charge in [-0.25, -0.2) is 4.79 Å². The minimum Gasteiger partial charge on any atom is -0.497 e. The molecule has 0 bridgehead atoms. The Morgan fingerprint density at radius 3 is 2.94 bits per heavy atom. The van der Waals surface area contributed by atoms with Gasteiger partial charge in [0, 0.05) is 65.8 Å². The molecule has 0 radical (unpaired) electrons. The molecule has 2 aromatic heterocycles. The Balaban J connectivity index is 1.17. The van der Waals surface area contributed by atoms with Crippen LogP contribution in [-0.2, 0) is 0 Å². The summed E-state index contributed by atoms with van der Waals surface area (Å²) in [5, 5.41) is 9.50. The van der Waals surface area contributed by atoms with Gasteiger partial charge in [-0.3, -0.25) is 0 Å². The fourth-order valence-electron chi connectivity index (χ4n) is 4.77. The summed E-state index contributed by atoms with van der Waals surface area (Å²) in [7, 11) is 1.69. The molecule has 3 N–H and O–H groups in total. The number of nitrogens with zero attached hydrogens (tertiary/aromatic N) is 1. The van der Waals surface area contributed by atoms with Gasteiger partial charge >= 0.3 is 6.03 Å². The summed E-state index contributed by atoms with van der Waals surface area (Å²) in [5.74, 6) is 1.41. The minimum absolute atomic E-state index is 0.108. The molecular weight excluding hydrogens is 444 g/mol. The highest BCUT2D eigenvalue weighted by Crippen LogP contribution is 2.33. The fraction of sp³-hybridized carbons (Fsp3) is 0.296. The number of ether oxygens (including phenoxy) is 1. The van der Waals surface area contributed by atoms with Crippen LogP contribution >= 0.6 is 11.3 Å². The first kappa shape index (κ1) is 22.3. The van der Waals surface area contributed by atoms with Crippen molar-refractivity contribution in [3.63, 3.8) is 0 Å². The SMILES string of the molecule is COc1cccc(N2CCC(CNC(=O)NCC(c3cccs3)c3c[nH]c4ccccc34)C2)c1. The molecule has 7 heteroatoms. The number of benzene rings is 2. The van der Waals surface area contributed by atoms with Gasteiger partial charge in [0.25, 0.3) is 0 Å². The number of H-pyrrole nitrogens is 1. The van der Waals surface area contributed by atoms with E-state index in [1.165, 1.54) is 21.5 Å². The van der Waals surface area contributed by atoms with E-state index in [4.69, 9.17) is 4.74 Å². The molecule has 0 spiro atoms. The zero-order chi connectivity index (χ0) is 23.3. The summed E-state index contributed by atoms with van der Waals surface area (Å²) >= 11 is 1.72. The predicted octanol–water partition coefficient (Wildman–Crippen LogP) is 5.20. The first-order valence-corrected chi connectivity index (χ1v) is 12.6. The number of hydrogen-bond acceptors (Lipinski definition) is 4. The first-order valence-electron chi connectivity index (χ1n) is 11.7. The maximum atomic E-state index is 12.7.